The van der Waals surface area contributed by atoms with Gasteiger partial charge in [-0.1, -0.05) is 6.92 Å². The zero-order valence-electron chi connectivity index (χ0n) is 9.41. The molecule has 1 aromatic rings. The van der Waals surface area contributed by atoms with E-state index in [0.717, 1.165) is 18.7 Å². The largest absolute Gasteiger partial charge is 0.468 e. The van der Waals surface area contributed by atoms with Gasteiger partial charge in [0.25, 0.3) is 0 Å². The summed E-state index contributed by atoms with van der Waals surface area (Å²) in [6.45, 7) is 5.15. The molecule has 2 rings (SSSR count). The average molecular weight is 208 g/mol. The van der Waals surface area contributed by atoms with Crippen LogP contribution in [0, 0.1) is 0 Å². The van der Waals surface area contributed by atoms with Gasteiger partial charge < -0.3 is 15.1 Å². The van der Waals surface area contributed by atoms with E-state index < -0.39 is 0 Å². The van der Waals surface area contributed by atoms with Gasteiger partial charge in [0.05, 0.1) is 12.8 Å². The maximum absolute atomic E-state index is 5.63. The van der Waals surface area contributed by atoms with Crippen molar-refractivity contribution in [2.24, 2.45) is 5.73 Å². The Morgan fingerprint density at radius 3 is 3.20 bits per heavy atom. The van der Waals surface area contributed by atoms with Crippen molar-refractivity contribution in [3.05, 3.63) is 23.7 Å². The van der Waals surface area contributed by atoms with Gasteiger partial charge in [-0.15, -0.1) is 0 Å². The topological polar surface area (TPSA) is 42.4 Å². The fourth-order valence-corrected chi connectivity index (χ4v) is 2.52. The summed E-state index contributed by atoms with van der Waals surface area (Å²) in [6.07, 6.45) is 5.48. The van der Waals surface area contributed by atoms with E-state index >= 15 is 0 Å². The van der Waals surface area contributed by atoms with E-state index in [1.165, 1.54) is 24.9 Å². The first kappa shape index (κ1) is 10.7. The average Bonchev–Trinajstić information content (AvgIpc) is 2.87. The van der Waals surface area contributed by atoms with E-state index in [1.807, 2.05) is 0 Å². The number of hydrogen-bond donors (Lipinski definition) is 1. The molecule has 1 atom stereocenters. The second kappa shape index (κ2) is 4.81. The van der Waals surface area contributed by atoms with Crippen molar-refractivity contribution in [3.63, 3.8) is 0 Å². The molecule has 0 radical (unpaired) electrons. The lowest BCUT2D eigenvalue weighted by atomic mass is 10.0. The van der Waals surface area contributed by atoms with Crippen molar-refractivity contribution in [2.75, 3.05) is 13.1 Å². The van der Waals surface area contributed by atoms with Crippen LogP contribution in [0.5, 0.6) is 0 Å². The number of nitrogens with zero attached hydrogens (tertiary/aromatic N) is 1. The van der Waals surface area contributed by atoms with Gasteiger partial charge >= 0.3 is 0 Å². The van der Waals surface area contributed by atoms with Gasteiger partial charge in [0.1, 0.15) is 5.76 Å². The molecule has 1 aliphatic heterocycles. The van der Waals surface area contributed by atoms with Crippen LogP contribution in [0.2, 0.25) is 0 Å². The van der Waals surface area contributed by atoms with E-state index in [0.29, 0.717) is 12.6 Å². The standard InChI is InChI=1S/C12H20N2O/c1-2-14-6-3-4-11(14)8-10-5-7-15-12(10)9-13/h5,7,11H,2-4,6,8-9,13H2,1H3. The Hall–Kier alpha value is -0.800. The predicted octanol–water partition coefficient (Wildman–Crippen LogP) is 1.77. The smallest absolute Gasteiger partial charge is 0.120 e. The van der Waals surface area contributed by atoms with Crippen LogP contribution in [0.1, 0.15) is 31.1 Å². The number of likely N-dealkylation sites (tertiary alicyclic amines) is 1. The first-order valence-corrected chi connectivity index (χ1v) is 5.84. The highest BCUT2D eigenvalue weighted by atomic mass is 16.3. The number of likely N-dealkylation sites (N-methyl/N-ethyl adjacent to an activating group) is 1. The molecule has 1 unspecified atom stereocenters. The van der Waals surface area contributed by atoms with Crippen LogP contribution in [0.4, 0.5) is 0 Å². The van der Waals surface area contributed by atoms with Gasteiger partial charge in [-0.25, -0.2) is 0 Å². The Bertz CT molecular complexity index is 308. The van der Waals surface area contributed by atoms with Crippen molar-refractivity contribution >= 4 is 0 Å². The molecule has 15 heavy (non-hydrogen) atoms. The summed E-state index contributed by atoms with van der Waals surface area (Å²) in [6, 6.07) is 2.76. The highest BCUT2D eigenvalue weighted by Gasteiger charge is 2.24. The maximum Gasteiger partial charge on any atom is 0.120 e. The molecule has 0 aromatic carbocycles. The molecule has 2 N–H and O–H groups in total. The highest BCUT2D eigenvalue weighted by Crippen LogP contribution is 2.22. The molecular formula is C12H20N2O. The van der Waals surface area contributed by atoms with Crippen molar-refractivity contribution in [3.8, 4) is 0 Å². The molecule has 0 amide bonds. The van der Waals surface area contributed by atoms with Crippen LogP contribution >= 0.6 is 0 Å². The van der Waals surface area contributed by atoms with Crippen molar-refractivity contribution in [2.45, 2.75) is 38.8 Å². The van der Waals surface area contributed by atoms with Crippen molar-refractivity contribution in [1.29, 1.82) is 0 Å². The Balaban J connectivity index is 2.01. The molecule has 1 aliphatic rings. The molecule has 0 aliphatic carbocycles. The zero-order valence-corrected chi connectivity index (χ0v) is 9.41. The molecule has 1 saturated heterocycles. The lowest BCUT2D eigenvalue weighted by Crippen LogP contribution is -2.30. The Kier molecular flexibility index (Phi) is 3.44. The van der Waals surface area contributed by atoms with Crippen LogP contribution in [0.15, 0.2) is 16.7 Å². The summed E-state index contributed by atoms with van der Waals surface area (Å²) in [4.78, 5) is 2.55. The Morgan fingerprint density at radius 2 is 2.47 bits per heavy atom. The molecule has 2 heterocycles. The SMILES string of the molecule is CCN1CCCC1Cc1ccoc1CN. The van der Waals surface area contributed by atoms with Crippen molar-refractivity contribution < 1.29 is 4.42 Å². The fourth-order valence-electron chi connectivity index (χ4n) is 2.52. The molecule has 0 bridgehead atoms. The Morgan fingerprint density at radius 1 is 1.60 bits per heavy atom. The van der Waals surface area contributed by atoms with Crippen LogP contribution < -0.4 is 5.73 Å². The minimum absolute atomic E-state index is 0.515. The van der Waals surface area contributed by atoms with Gasteiger partial charge in [0.2, 0.25) is 0 Å². The lowest BCUT2D eigenvalue weighted by Gasteiger charge is -2.22. The molecule has 0 spiro atoms. The van der Waals surface area contributed by atoms with Gasteiger partial charge in [-0.2, -0.15) is 0 Å². The number of rotatable bonds is 4. The number of hydrogen-bond acceptors (Lipinski definition) is 3. The second-order valence-electron chi connectivity index (χ2n) is 4.20. The zero-order chi connectivity index (χ0) is 10.7. The molecule has 1 fully saturated rings. The minimum atomic E-state index is 0.515. The maximum atomic E-state index is 5.63. The monoisotopic (exact) mass is 208 g/mol. The van der Waals surface area contributed by atoms with Gasteiger partial charge in [-0.05, 0) is 44.0 Å². The number of nitrogens with two attached hydrogens (primary N) is 1. The normalized spacial score (nSPS) is 22.4. The fraction of sp³-hybridized carbons (Fsp3) is 0.667. The summed E-state index contributed by atoms with van der Waals surface area (Å²) in [5.74, 6) is 0.956. The minimum Gasteiger partial charge on any atom is -0.468 e. The van der Waals surface area contributed by atoms with Crippen molar-refractivity contribution in [1.82, 2.24) is 4.90 Å². The summed E-state index contributed by atoms with van der Waals surface area (Å²) < 4.78 is 5.35. The summed E-state index contributed by atoms with van der Waals surface area (Å²) >= 11 is 0. The third kappa shape index (κ3) is 2.24. The molecule has 1 aromatic heterocycles. The van der Waals surface area contributed by atoms with Gasteiger partial charge in [0, 0.05) is 6.04 Å². The third-order valence-electron chi connectivity index (χ3n) is 3.38. The molecule has 84 valence electrons. The van der Waals surface area contributed by atoms with E-state index in [-0.39, 0.29) is 0 Å². The molecule has 3 nitrogen and oxygen atoms in total. The molecule has 0 saturated carbocycles. The second-order valence-corrected chi connectivity index (χ2v) is 4.20. The molecule has 3 heteroatoms. The predicted molar refractivity (Wildman–Crippen MR) is 60.6 cm³/mol. The highest BCUT2D eigenvalue weighted by molar-refractivity contribution is 5.18. The van der Waals surface area contributed by atoms with Crippen LogP contribution in [-0.2, 0) is 13.0 Å². The van der Waals surface area contributed by atoms with Gasteiger partial charge in [0.15, 0.2) is 0 Å². The van der Waals surface area contributed by atoms with E-state index in [9.17, 15) is 0 Å². The van der Waals surface area contributed by atoms with Gasteiger partial charge in [-0.3, -0.25) is 0 Å². The lowest BCUT2D eigenvalue weighted by molar-refractivity contribution is 0.265. The third-order valence-corrected chi connectivity index (χ3v) is 3.38. The van der Waals surface area contributed by atoms with Crippen LogP contribution in [0.25, 0.3) is 0 Å². The number of furan rings is 1. The van der Waals surface area contributed by atoms with Crippen LogP contribution in [-0.4, -0.2) is 24.0 Å². The summed E-state index contributed by atoms with van der Waals surface area (Å²) in [5, 5.41) is 0. The molecular weight excluding hydrogens is 188 g/mol. The van der Waals surface area contributed by atoms with E-state index in [4.69, 9.17) is 10.2 Å². The van der Waals surface area contributed by atoms with E-state index in [1.54, 1.807) is 6.26 Å². The quantitative estimate of drug-likeness (QED) is 0.820. The summed E-state index contributed by atoms with van der Waals surface area (Å²) in [5.41, 5.74) is 6.92. The summed E-state index contributed by atoms with van der Waals surface area (Å²) in [7, 11) is 0. The van der Waals surface area contributed by atoms with E-state index in [2.05, 4.69) is 17.9 Å². The van der Waals surface area contributed by atoms with Crippen LogP contribution in [0.3, 0.4) is 0 Å². The first-order valence-electron chi connectivity index (χ1n) is 5.84. The Labute approximate surface area is 91.2 Å². The first-order chi connectivity index (χ1) is 7.35.